The molecule has 1 aliphatic carbocycles. The monoisotopic (exact) mass is 278 g/mol. The van der Waals surface area contributed by atoms with Crippen molar-refractivity contribution in [2.75, 3.05) is 18.2 Å². The topological polar surface area (TPSA) is 41.1 Å². The number of rotatable bonds is 5. The van der Waals surface area contributed by atoms with E-state index in [1.807, 2.05) is 0 Å². The van der Waals surface area contributed by atoms with Crippen LogP contribution < -0.4 is 10.6 Å². The van der Waals surface area contributed by atoms with Crippen LogP contribution in [0.25, 0.3) is 0 Å². The van der Waals surface area contributed by atoms with Crippen molar-refractivity contribution in [2.45, 2.75) is 44.6 Å². The summed E-state index contributed by atoms with van der Waals surface area (Å²) in [4.78, 5) is 11.7. The van der Waals surface area contributed by atoms with Gasteiger partial charge in [-0.25, -0.2) is 0 Å². The Morgan fingerprint density at radius 2 is 2.12 bits per heavy atom. The second kappa shape index (κ2) is 8.22. The maximum absolute atomic E-state index is 11.7. The summed E-state index contributed by atoms with van der Waals surface area (Å²) in [5, 5.41) is 6.22. The van der Waals surface area contributed by atoms with Crippen molar-refractivity contribution in [1.82, 2.24) is 10.6 Å². The molecule has 0 spiro atoms. The summed E-state index contributed by atoms with van der Waals surface area (Å²) in [5.41, 5.74) is 0. The molecular formula is C12H23ClN2OS. The molecule has 1 heterocycles. The Bertz CT molecular complexity index is 229. The van der Waals surface area contributed by atoms with Gasteiger partial charge in [0.25, 0.3) is 0 Å². The van der Waals surface area contributed by atoms with Crippen molar-refractivity contribution in [3.63, 3.8) is 0 Å². The predicted octanol–water partition coefficient (Wildman–Crippen LogP) is 2.16. The maximum Gasteiger partial charge on any atom is 0.238 e. The molecule has 100 valence electrons. The van der Waals surface area contributed by atoms with E-state index < -0.39 is 0 Å². The van der Waals surface area contributed by atoms with Gasteiger partial charge in [-0.1, -0.05) is 25.7 Å². The van der Waals surface area contributed by atoms with Gasteiger partial charge in [0.05, 0.1) is 6.04 Å². The molecule has 17 heavy (non-hydrogen) atoms. The Balaban J connectivity index is 0.00000144. The Hall–Kier alpha value is 0.0700. The van der Waals surface area contributed by atoms with Crippen LogP contribution in [-0.4, -0.2) is 30.1 Å². The van der Waals surface area contributed by atoms with Crippen molar-refractivity contribution >= 4 is 30.1 Å². The molecule has 2 rings (SSSR count). The molecule has 1 amide bonds. The fraction of sp³-hybridized carbons (Fsp3) is 0.917. The van der Waals surface area contributed by atoms with Gasteiger partial charge in [0.2, 0.25) is 5.91 Å². The Morgan fingerprint density at radius 1 is 1.35 bits per heavy atom. The third-order valence-electron chi connectivity index (χ3n) is 3.60. The van der Waals surface area contributed by atoms with E-state index in [1.165, 1.54) is 32.1 Å². The quantitative estimate of drug-likeness (QED) is 0.757. The summed E-state index contributed by atoms with van der Waals surface area (Å²) in [6.45, 7) is 0.859. The van der Waals surface area contributed by atoms with Crippen molar-refractivity contribution in [3.05, 3.63) is 0 Å². The summed E-state index contributed by atoms with van der Waals surface area (Å²) in [5.74, 6) is 2.97. The molecule has 2 fully saturated rings. The maximum atomic E-state index is 11.7. The molecule has 1 unspecified atom stereocenters. The van der Waals surface area contributed by atoms with Crippen LogP contribution in [0.15, 0.2) is 0 Å². The zero-order valence-corrected chi connectivity index (χ0v) is 11.9. The van der Waals surface area contributed by atoms with Crippen LogP contribution in [0.1, 0.15) is 38.5 Å². The van der Waals surface area contributed by atoms with Crippen molar-refractivity contribution in [2.24, 2.45) is 5.92 Å². The highest BCUT2D eigenvalue weighted by molar-refractivity contribution is 7.99. The van der Waals surface area contributed by atoms with E-state index in [0.717, 1.165) is 30.5 Å². The Kier molecular flexibility index (Phi) is 7.32. The molecule has 3 nitrogen and oxygen atoms in total. The molecule has 0 bridgehead atoms. The molecule has 1 saturated carbocycles. The largest absolute Gasteiger partial charge is 0.355 e. The standard InChI is InChI=1S/C12H22N2OS.ClH/c15-12(11-8-16-9-14-11)13-7-3-6-10-4-1-2-5-10;/h10-11,14H,1-9H2,(H,13,15);1H. The zero-order chi connectivity index (χ0) is 11.2. The summed E-state index contributed by atoms with van der Waals surface area (Å²) >= 11 is 1.80. The second-order valence-electron chi connectivity index (χ2n) is 4.86. The smallest absolute Gasteiger partial charge is 0.238 e. The minimum atomic E-state index is 0. The number of hydrogen-bond donors (Lipinski definition) is 2. The third-order valence-corrected chi connectivity index (χ3v) is 4.54. The molecular weight excluding hydrogens is 256 g/mol. The van der Waals surface area contributed by atoms with Crippen LogP contribution in [0.5, 0.6) is 0 Å². The van der Waals surface area contributed by atoms with E-state index in [2.05, 4.69) is 10.6 Å². The molecule has 0 radical (unpaired) electrons. The van der Waals surface area contributed by atoms with E-state index in [4.69, 9.17) is 0 Å². The van der Waals surface area contributed by atoms with Gasteiger partial charge < -0.3 is 5.32 Å². The normalized spacial score (nSPS) is 24.6. The third kappa shape index (κ3) is 5.06. The fourth-order valence-corrected chi connectivity index (χ4v) is 3.53. The number of thioether (sulfide) groups is 1. The van der Waals surface area contributed by atoms with E-state index in [0.29, 0.717) is 0 Å². The molecule has 5 heteroatoms. The molecule has 1 saturated heterocycles. The first-order chi connectivity index (χ1) is 7.86. The van der Waals surface area contributed by atoms with Crippen LogP contribution in [0.3, 0.4) is 0 Å². The van der Waals surface area contributed by atoms with Crippen molar-refractivity contribution < 1.29 is 4.79 Å². The molecule has 0 aromatic carbocycles. The highest BCUT2D eigenvalue weighted by Crippen LogP contribution is 2.28. The van der Waals surface area contributed by atoms with E-state index in [-0.39, 0.29) is 24.4 Å². The first kappa shape index (κ1) is 15.1. The summed E-state index contributed by atoms with van der Waals surface area (Å²) < 4.78 is 0. The molecule has 1 atom stereocenters. The highest BCUT2D eigenvalue weighted by Gasteiger charge is 2.21. The van der Waals surface area contributed by atoms with Crippen molar-refractivity contribution in [3.8, 4) is 0 Å². The molecule has 2 N–H and O–H groups in total. The number of carbonyl (C=O) groups excluding carboxylic acids is 1. The van der Waals surface area contributed by atoms with Gasteiger partial charge in [0.1, 0.15) is 0 Å². The first-order valence-corrected chi connectivity index (χ1v) is 7.60. The van der Waals surface area contributed by atoms with Gasteiger partial charge in [-0.05, 0) is 18.8 Å². The Morgan fingerprint density at radius 3 is 2.76 bits per heavy atom. The van der Waals surface area contributed by atoms with Gasteiger partial charge in [-0.15, -0.1) is 24.2 Å². The average Bonchev–Trinajstić information content (AvgIpc) is 2.96. The van der Waals surface area contributed by atoms with Gasteiger partial charge in [0.15, 0.2) is 0 Å². The van der Waals surface area contributed by atoms with E-state index in [1.54, 1.807) is 11.8 Å². The first-order valence-electron chi connectivity index (χ1n) is 6.45. The zero-order valence-electron chi connectivity index (χ0n) is 10.2. The summed E-state index contributed by atoms with van der Waals surface area (Å²) in [6.07, 6.45) is 8.10. The van der Waals surface area contributed by atoms with E-state index in [9.17, 15) is 4.79 Å². The SMILES string of the molecule is Cl.O=C(NCCCC1CCCC1)C1CSCN1. The van der Waals surface area contributed by atoms with Crippen LogP contribution in [-0.2, 0) is 4.79 Å². The van der Waals surface area contributed by atoms with Gasteiger partial charge >= 0.3 is 0 Å². The number of carbonyl (C=O) groups is 1. The van der Waals surface area contributed by atoms with Crippen LogP contribution >= 0.6 is 24.2 Å². The summed E-state index contributed by atoms with van der Waals surface area (Å²) in [7, 11) is 0. The average molecular weight is 279 g/mol. The number of hydrogen-bond acceptors (Lipinski definition) is 3. The molecule has 1 aliphatic heterocycles. The minimum Gasteiger partial charge on any atom is -0.355 e. The lowest BCUT2D eigenvalue weighted by Crippen LogP contribution is -2.42. The van der Waals surface area contributed by atoms with Crippen LogP contribution in [0, 0.1) is 5.92 Å². The molecule has 2 aliphatic rings. The highest BCUT2D eigenvalue weighted by atomic mass is 35.5. The number of nitrogens with one attached hydrogen (secondary N) is 2. The van der Waals surface area contributed by atoms with Crippen molar-refractivity contribution in [1.29, 1.82) is 0 Å². The minimum absolute atomic E-state index is 0. The second-order valence-corrected chi connectivity index (χ2v) is 5.89. The number of amides is 1. The van der Waals surface area contributed by atoms with Gasteiger partial charge in [-0.2, -0.15) is 0 Å². The lowest BCUT2D eigenvalue weighted by Gasteiger charge is -2.12. The van der Waals surface area contributed by atoms with Crippen LogP contribution in [0.4, 0.5) is 0 Å². The molecule has 0 aromatic rings. The lowest BCUT2D eigenvalue weighted by molar-refractivity contribution is -0.122. The van der Waals surface area contributed by atoms with E-state index >= 15 is 0 Å². The lowest BCUT2D eigenvalue weighted by atomic mass is 10.0. The number of halogens is 1. The molecule has 0 aromatic heterocycles. The fourth-order valence-electron chi connectivity index (χ4n) is 2.59. The van der Waals surface area contributed by atoms with Crippen LogP contribution in [0.2, 0.25) is 0 Å². The predicted molar refractivity (Wildman–Crippen MR) is 75.7 cm³/mol. The summed E-state index contributed by atoms with van der Waals surface area (Å²) in [6, 6.07) is 0.0523. The van der Waals surface area contributed by atoms with Gasteiger partial charge in [-0.3, -0.25) is 10.1 Å². The Labute approximate surface area is 114 Å². The van der Waals surface area contributed by atoms with Gasteiger partial charge in [0, 0.05) is 18.2 Å².